The van der Waals surface area contributed by atoms with Gasteiger partial charge in [0.15, 0.2) is 0 Å². The van der Waals surface area contributed by atoms with Crippen LogP contribution in [-0.2, 0) is 11.3 Å². The third kappa shape index (κ3) is 3.17. The van der Waals surface area contributed by atoms with E-state index in [0.717, 1.165) is 22.2 Å². The highest BCUT2D eigenvalue weighted by atomic mass is 16.1. The van der Waals surface area contributed by atoms with Crippen molar-refractivity contribution in [3.8, 4) is 0 Å². The summed E-state index contributed by atoms with van der Waals surface area (Å²) in [6, 6.07) is 13.7. The van der Waals surface area contributed by atoms with E-state index in [2.05, 4.69) is 15.3 Å². The molecule has 0 aliphatic rings. The Hall–Kier alpha value is -2.88. The largest absolute Gasteiger partial charge is 0.348 e. The number of nitrogens with zero attached hydrogens (tertiary/aromatic N) is 1. The predicted molar refractivity (Wildman–Crippen MR) is 83.4 cm³/mol. The first kappa shape index (κ1) is 13.1. The van der Waals surface area contributed by atoms with Crippen LogP contribution >= 0.6 is 0 Å². The number of fused-ring (bicyclic) bond motifs is 1. The Labute approximate surface area is 122 Å². The van der Waals surface area contributed by atoms with Gasteiger partial charge < -0.3 is 10.3 Å². The van der Waals surface area contributed by atoms with Crippen LogP contribution in [0.5, 0.6) is 0 Å². The second-order valence-corrected chi connectivity index (χ2v) is 4.68. The summed E-state index contributed by atoms with van der Waals surface area (Å²) in [4.78, 5) is 19.1. The minimum absolute atomic E-state index is 0.114. The van der Waals surface area contributed by atoms with Crippen molar-refractivity contribution < 1.29 is 4.79 Å². The van der Waals surface area contributed by atoms with E-state index in [-0.39, 0.29) is 5.91 Å². The molecule has 0 saturated carbocycles. The summed E-state index contributed by atoms with van der Waals surface area (Å²) in [5, 5.41) is 3.86. The van der Waals surface area contributed by atoms with E-state index in [9.17, 15) is 4.79 Å². The minimum atomic E-state index is -0.114. The smallest absolute Gasteiger partial charge is 0.244 e. The monoisotopic (exact) mass is 277 g/mol. The molecule has 0 bridgehead atoms. The SMILES string of the molecule is O=C(/C=C/c1c[nH]c2ncccc12)NCc1ccccc1. The molecule has 0 radical (unpaired) electrons. The van der Waals surface area contributed by atoms with E-state index in [0.29, 0.717) is 6.54 Å². The number of rotatable bonds is 4. The number of benzene rings is 1. The van der Waals surface area contributed by atoms with E-state index >= 15 is 0 Å². The normalized spacial score (nSPS) is 11.0. The average molecular weight is 277 g/mol. The molecule has 0 saturated heterocycles. The topological polar surface area (TPSA) is 57.8 Å². The fourth-order valence-corrected chi connectivity index (χ4v) is 2.12. The predicted octanol–water partition coefficient (Wildman–Crippen LogP) is 2.89. The van der Waals surface area contributed by atoms with Gasteiger partial charge in [0.2, 0.25) is 5.91 Å². The molecule has 2 N–H and O–H groups in total. The third-order valence-corrected chi connectivity index (χ3v) is 3.21. The second kappa shape index (κ2) is 6.05. The molecule has 4 nitrogen and oxygen atoms in total. The molecule has 1 amide bonds. The molecule has 0 atom stereocenters. The lowest BCUT2D eigenvalue weighted by Gasteiger charge is -2.01. The van der Waals surface area contributed by atoms with Gasteiger partial charge >= 0.3 is 0 Å². The van der Waals surface area contributed by atoms with Crippen molar-refractivity contribution >= 4 is 23.0 Å². The van der Waals surface area contributed by atoms with Gasteiger partial charge in [-0.2, -0.15) is 0 Å². The first-order chi connectivity index (χ1) is 10.3. The standard InChI is InChI=1S/C17H15N3O/c21-16(19-11-13-5-2-1-3-6-13)9-8-14-12-20-17-15(14)7-4-10-18-17/h1-10,12H,11H2,(H,18,20)(H,19,21)/b9-8+. The number of pyridine rings is 1. The third-order valence-electron chi connectivity index (χ3n) is 3.21. The van der Waals surface area contributed by atoms with Gasteiger partial charge in [0.05, 0.1) is 0 Å². The summed E-state index contributed by atoms with van der Waals surface area (Å²) >= 11 is 0. The van der Waals surface area contributed by atoms with Crippen LogP contribution in [0.2, 0.25) is 0 Å². The molecule has 1 aromatic carbocycles. The van der Waals surface area contributed by atoms with Gasteiger partial charge in [0.1, 0.15) is 5.65 Å². The number of amides is 1. The van der Waals surface area contributed by atoms with Crippen molar-refractivity contribution in [3.05, 3.63) is 72.1 Å². The van der Waals surface area contributed by atoms with Gasteiger partial charge in [-0.1, -0.05) is 30.3 Å². The molecule has 0 unspecified atom stereocenters. The van der Waals surface area contributed by atoms with Crippen LogP contribution in [0.25, 0.3) is 17.1 Å². The maximum absolute atomic E-state index is 11.8. The summed E-state index contributed by atoms with van der Waals surface area (Å²) in [5.41, 5.74) is 2.85. The molecule has 2 aromatic heterocycles. The second-order valence-electron chi connectivity index (χ2n) is 4.68. The zero-order valence-electron chi connectivity index (χ0n) is 11.4. The molecule has 21 heavy (non-hydrogen) atoms. The number of nitrogens with one attached hydrogen (secondary N) is 2. The van der Waals surface area contributed by atoms with Crippen molar-refractivity contribution in [1.29, 1.82) is 0 Å². The zero-order valence-corrected chi connectivity index (χ0v) is 11.4. The van der Waals surface area contributed by atoms with Crippen LogP contribution in [-0.4, -0.2) is 15.9 Å². The van der Waals surface area contributed by atoms with Crippen LogP contribution in [0.3, 0.4) is 0 Å². The molecule has 2 heterocycles. The maximum atomic E-state index is 11.8. The van der Waals surface area contributed by atoms with Crippen LogP contribution in [0.1, 0.15) is 11.1 Å². The molecule has 104 valence electrons. The maximum Gasteiger partial charge on any atom is 0.244 e. The molecule has 3 rings (SSSR count). The number of aromatic nitrogens is 2. The van der Waals surface area contributed by atoms with Gasteiger partial charge in [0, 0.05) is 36.0 Å². The number of hydrogen-bond donors (Lipinski definition) is 2. The van der Waals surface area contributed by atoms with Crippen LogP contribution in [0.4, 0.5) is 0 Å². The van der Waals surface area contributed by atoms with Gasteiger partial charge in [-0.25, -0.2) is 4.98 Å². The van der Waals surface area contributed by atoms with Gasteiger partial charge in [-0.3, -0.25) is 4.79 Å². The van der Waals surface area contributed by atoms with Crippen molar-refractivity contribution in [2.75, 3.05) is 0 Å². The van der Waals surface area contributed by atoms with E-state index in [1.807, 2.05) is 48.7 Å². The number of H-pyrrole nitrogens is 1. The van der Waals surface area contributed by atoms with Crippen molar-refractivity contribution in [1.82, 2.24) is 15.3 Å². The number of carbonyl (C=O) groups excluding carboxylic acids is 1. The van der Waals surface area contributed by atoms with E-state index in [1.54, 1.807) is 18.3 Å². The molecular formula is C17H15N3O. The molecular weight excluding hydrogens is 262 g/mol. The average Bonchev–Trinajstić information content (AvgIpc) is 2.95. The summed E-state index contributed by atoms with van der Waals surface area (Å²) in [7, 11) is 0. The fourth-order valence-electron chi connectivity index (χ4n) is 2.12. The van der Waals surface area contributed by atoms with E-state index < -0.39 is 0 Å². The molecule has 0 spiro atoms. The van der Waals surface area contributed by atoms with Gasteiger partial charge in [0.25, 0.3) is 0 Å². The van der Waals surface area contributed by atoms with Gasteiger partial charge in [-0.15, -0.1) is 0 Å². The van der Waals surface area contributed by atoms with E-state index in [1.165, 1.54) is 0 Å². The Morgan fingerprint density at radius 3 is 2.90 bits per heavy atom. The Balaban J connectivity index is 1.64. The minimum Gasteiger partial charge on any atom is -0.348 e. The first-order valence-electron chi connectivity index (χ1n) is 6.75. The molecule has 0 aliphatic carbocycles. The Bertz CT molecular complexity index is 775. The first-order valence-corrected chi connectivity index (χ1v) is 6.75. The zero-order chi connectivity index (χ0) is 14.5. The Kier molecular flexibility index (Phi) is 3.78. The van der Waals surface area contributed by atoms with E-state index in [4.69, 9.17) is 0 Å². The number of hydrogen-bond acceptors (Lipinski definition) is 2. The lowest BCUT2D eigenvalue weighted by molar-refractivity contribution is -0.116. The van der Waals surface area contributed by atoms with Gasteiger partial charge in [-0.05, 0) is 23.8 Å². The quantitative estimate of drug-likeness (QED) is 0.720. The lowest BCUT2D eigenvalue weighted by Crippen LogP contribution is -2.20. The van der Waals surface area contributed by atoms with Crippen LogP contribution < -0.4 is 5.32 Å². The number of carbonyl (C=O) groups is 1. The number of aromatic amines is 1. The highest BCUT2D eigenvalue weighted by Crippen LogP contribution is 2.16. The summed E-state index contributed by atoms with van der Waals surface area (Å²) in [6.45, 7) is 0.527. The molecule has 0 aliphatic heterocycles. The molecule has 0 fully saturated rings. The van der Waals surface area contributed by atoms with Crippen molar-refractivity contribution in [2.24, 2.45) is 0 Å². The molecule has 4 heteroatoms. The van der Waals surface area contributed by atoms with Crippen molar-refractivity contribution in [2.45, 2.75) is 6.54 Å². The summed E-state index contributed by atoms with van der Waals surface area (Å²) in [5.74, 6) is -0.114. The molecule has 3 aromatic rings. The Morgan fingerprint density at radius 1 is 1.19 bits per heavy atom. The van der Waals surface area contributed by atoms with Crippen LogP contribution in [0.15, 0.2) is 60.9 Å². The highest BCUT2D eigenvalue weighted by Gasteiger charge is 2.01. The lowest BCUT2D eigenvalue weighted by atomic mass is 10.2. The Morgan fingerprint density at radius 2 is 2.05 bits per heavy atom. The van der Waals surface area contributed by atoms with Crippen LogP contribution in [0, 0.1) is 0 Å². The summed E-state index contributed by atoms with van der Waals surface area (Å²) in [6.07, 6.45) is 6.91. The van der Waals surface area contributed by atoms with Crippen molar-refractivity contribution in [3.63, 3.8) is 0 Å². The highest BCUT2D eigenvalue weighted by molar-refractivity contribution is 5.95. The fraction of sp³-hybridized carbons (Fsp3) is 0.0588. The summed E-state index contributed by atoms with van der Waals surface area (Å²) < 4.78 is 0.